The second-order valence-corrected chi connectivity index (χ2v) is 7.97. The topological polar surface area (TPSA) is 89.9 Å². The average Bonchev–Trinajstić information content (AvgIpc) is 2.33. The first-order valence-corrected chi connectivity index (χ1v) is 8.45. The molecule has 0 amide bonds. The van der Waals surface area contributed by atoms with Crippen molar-refractivity contribution in [2.75, 3.05) is 6.61 Å². The Hall–Kier alpha value is -0.800. The number of hydrogen-bond acceptors (Lipinski definition) is 5. The van der Waals surface area contributed by atoms with Crippen LogP contribution in [0.4, 0.5) is 8.78 Å². The molecule has 0 saturated heterocycles. The largest absolute Gasteiger partial charge is 0.458 e. The van der Waals surface area contributed by atoms with E-state index in [1.54, 1.807) is 0 Å². The van der Waals surface area contributed by atoms with Crippen LogP contribution in [0.3, 0.4) is 0 Å². The van der Waals surface area contributed by atoms with Crippen LogP contribution in [0.1, 0.15) is 46.5 Å². The molecule has 0 aromatic rings. The summed E-state index contributed by atoms with van der Waals surface area (Å²) >= 11 is 0. The van der Waals surface area contributed by atoms with Crippen molar-refractivity contribution in [3.8, 4) is 0 Å². The lowest BCUT2D eigenvalue weighted by Crippen LogP contribution is -2.37. The molecule has 1 rings (SSSR count). The van der Waals surface area contributed by atoms with E-state index in [1.807, 2.05) is 20.8 Å². The summed E-state index contributed by atoms with van der Waals surface area (Å²) in [4.78, 5) is 11.7. The van der Waals surface area contributed by atoms with Crippen molar-refractivity contribution in [3.05, 3.63) is 0 Å². The van der Waals surface area contributed by atoms with Gasteiger partial charge in [-0.25, -0.2) is 0 Å². The highest BCUT2D eigenvalue weighted by Gasteiger charge is 2.46. The fraction of sp³-hybridized carbons (Fsp3) is 0.923. The van der Waals surface area contributed by atoms with Crippen molar-refractivity contribution in [2.45, 2.75) is 63.4 Å². The molecular weight excluding hydrogens is 322 g/mol. The van der Waals surface area contributed by atoms with E-state index >= 15 is 0 Å². The lowest BCUT2D eigenvalue weighted by atomic mass is 9.87. The summed E-state index contributed by atoms with van der Waals surface area (Å²) < 4.78 is 65.2. The van der Waals surface area contributed by atoms with Crippen LogP contribution in [0.25, 0.3) is 0 Å². The third-order valence-corrected chi connectivity index (χ3v) is 4.16. The van der Waals surface area contributed by atoms with E-state index in [4.69, 9.17) is 9.29 Å². The fourth-order valence-electron chi connectivity index (χ4n) is 2.26. The molecule has 1 aliphatic rings. The average molecular weight is 344 g/mol. The van der Waals surface area contributed by atoms with E-state index in [9.17, 15) is 22.0 Å². The van der Waals surface area contributed by atoms with Crippen LogP contribution in [0.5, 0.6) is 0 Å². The lowest BCUT2D eigenvalue weighted by Gasteiger charge is -2.32. The maximum atomic E-state index is 13.0. The molecule has 0 unspecified atom stereocenters. The molecule has 1 aliphatic carbocycles. The Kier molecular flexibility index (Phi) is 5.91. The number of carbonyl (C=O) groups excluding carboxylic acids is 1. The SMILES string of the molecule is CC(C)(C)OC1CCC(C(=O)OCC(F)(F)S(=O)(=O)O)CC1. The molecule has 130 valence electrons. The van der Waals surface area contributed by atoms with Gasteiger partial charge in [-0.1, -0.05) is 0 Å². The van der Waals surface area contributed by atoms with Crippen LogP contribution in [0.2, 0.25) is 0 Å². The Balaban J connectivity index is 2.44. The second-order valence-electron chi connectivity index (χ2n) is 6.42. The minimum absolute atomic E-state index is 0.00307. The van der Waals surface area contributed by atoms with E-state index in [0.717, 1.165) is 0 Å². The number of rotatable bonds is 5. The minimum Gasteiger partial charge on any atom is -0.458 e. The molecule has 1 fully saturated rings. The van der Waals surface area contributed by atoms with Gasteiger partial charge >= 0.3 is 21.3 Å². The highest BCUT2D eigenvalue weighted by molar-refractivity contribution is 7.86. The van der Waals surface area contributed by atoms with E-state index in [-0.39, 0.29) is 11.7 Å². The smallest absolute Gasteiger partial charge is 0.402 e. The molecule has 1 N–H and O–H groups in total. The first-order chi connectivity index (χ1) is 9.82. The Morgan fingerprint density at radius 3 is 2.09 bits per heavy atom. The number of esters is 1. The molecule has 6 nitrogen and oxygen atoms in total. The van der Waals surface area contributed by atoms with Crippen LogP contribution in [-0.4, -0.2) is 42.5 Å². The second kappa shape index (κ2) is 6.76. The van der Waals surface area contributed by atoms with E-state index in [1.165, 1.54) is 0 Å². The van der Waals surface area contributed by atoms with Crippen molar-refractivity contribution in [2.24, 2.45) is 5.92 Å². The van der Waals surface area contributed by atoms with Gasteiger partial charge in [-0.2, -0.15) is 17.2 Å². The maximum absolute atomic E-state index is 13.0. The number of alkyl halides is 2. The van der Waals surface area contributed by atoms with E-state index in [0.29, 0.717) is 25.7 Å². The van der Waals surface area contributed by atoms with Crippen LogP contribution in [0.15, 0.2) is 0 Å². The van der Waals surface area contributed by atoms with Crippen molar-refractivity contribution in [1.82, 2.24) is 0 Å². The van der Waals surface area contributed by atoms with Crippen molar-refractivity contribution in [3.63, 3.8) is 0 Å². The Morgan fingerprint density at radius 2 is 1.68 bits per heavy atom. The van der Waals surface area contributed by atoms with Gasteiger partial charge in [0.15, 0.2) is 6.61 Å². The standard InChI is InChI=1S/C13H22F2O6S/c1-12(2,3)21-10-6-4-9(5-7-10)11(16)20-8-13(14,15)22(17,18)19/h9-10H,4-8H2,1-3H3,(H,17,18,19). The molecule has 0 aromatic heterocycles. The van der Waals surface area contributed by atoms with Gasteiger partial charge in [0.05, 0.1) is 17.6 Å². The van der Waals surface area contributed by atoms with Gasteiger partial charge in [-0.3, -0.25) is 9.35 Å². The number of ether oxygens (including phenoxy) is 2. The van der Waals surface area contributed by atoms with Crippen LogP contribution in [-0.2, 0) is 24.4 Å². The molecule has 0 heterocycles. The third kappa shape index (κ3) is 5.77. The molecule has 0 spiro atoms. The van der Waals surface area contributed by atoms with Gasteiger partial charge in [-0.05, 0) is 46.5 Å². The van der Waals surface area contributed by atoms with Gasteiger partial charge in [0.1, 0.15) is 0 Å². The maximum Gasteiger partial charge on any atom is 0.402 e. The first-order valence-electron chi connectivity index (χ1n) is 7.01. The van der Waals surface area contributed by atoms with Crippen LogP contribution < -0.4 is 0 Å². The zero-order valence-electron chi connectivity index (χ0n) is 12.8. The Labute approximate surface area is 128 Å². The number of hydrogen-bond donors (Lipinski definition) is 1. The van der Waals surface area contributed by atoms with Gasteiger partial charge in [0, 0.05) is 0 Å². The zero-order valence-corrected chi connectivity index (χ0v) is 13.7. The number of halogens is 2. The van der Waals surface area contributed by atoms with Gasteiger partial charge in [0.2, 0.25) is 0 Å². The van der Waals surface area contributed by atoms with Gasteiger partial charge in [-0.15, -0.1) is 0 Å². The molecule has 1 saturated carbocycles. The zero-order chi connectivity index (χ0) is 17.2. The molecule has 9 heteroatoms. The molecule has 0 aromatic carbocycles. The Morgan fingerprint density at radius 1 is 1.18 bits per heavy atom. The van der Waals surface area contributed by atoms with Crippen molar-refractivity contribution in [1.29, 1.82) is 0 Å². The first kappa shape index (κ1) is 19.2. The van der Waals surface area contributed by atoms with Gasteiger partial charge in [0.25, 0.3) is 0 Å². The predicted molar refractivity (Wildman–Crippen MR) is 74.0 cm³/mol. The van der Waals surface area contributed by atoms with Crippen molar-refractivity contribution < 1.29 is 36.0 Å². The quantitative estimate of drug-likeness (QED) is 0.608. The molecule has 22 heavy (non-hydrogen) atoms. The summed E-state index contributed by atoms with van der Waals surface area (Å²) in [6, 6.07) is 0. The summed E-state index contributed by atoms with van der Waals surface area (Å²) in [5, 5.41) is -4.49. The predicted octanol–water partition coefficient (Wildman–Crippen LogP) is 2.38. The summed E-state index contributed by atoms with van der Waals surface area (Å²) in [6.45, 7) is 4.09. The fourth-order valence-corrected chi connectivity index (χ4v) is 2.47. The van der Waals surface area contributed by atoms with Crippen LogP contribution in [0, 0.1) is 5.92 Å². The Bertz CT molecular complexity index is 489. The summed E-state index contributed by atoms with van der Waals surface area (Å²) in [6.07, 6.45) is 2.06. The number of carbonyl (C=O) groups is 1. The third-order valence-electron chi connectivity index (χ3n) is 3.29. The highest BCUT2D eigenvalue weighted by Crippen LogP contribution is 2.30. The van der Waals surface area contributed by atoms with E-state index in [2.05, 4.69) is 4.74 Å². The summed E-state index contributed by atoms with van der Waals surface area (Å²) in [5.41, 5.74) is -0.296. The lowest BCUT2D eigenvalue weighted by molar-refractivity contribution is -0.157. The molecular formula is C13H22F2O6S. The molecule has 0 aliphatic heterocycles. The highest BCUT2D eigenvalue weighted by atomic mass is 32.2. The van der Waals surface area contributed by atoms with E-state index < -0.39 is 33.9 Å². The summed E-state index contributed by atoms with van der Waals surface area (Å²) in [5.74, 6) is -1.44. The molecule has 0 bridgehead atoms. The van der Waals surface area contributed by atoms with Crippen molar-refractivity contribution >= 4 is 16.1 Å². The molecule has 0 atom stereocenters. The van der Waals surface area contributed by atoms with Crippen LogP contribution >= 0.6 is 0 Å². The monoisotopic (exact) mass is 344 g/mol. The summed E-state index contributed by atoms with van der Waals surface area (Å²) in [7, 11) is -5.59. The van der Waals surface area contributed by atoms with Gasteiger partial charge < -0.3 is 9.47 Å². The molecule has 0 radical (unpaired) electrons. The normalized spacial score (nSPS) is 24.1. The minimum atomic E-state index is -5.59.